The maximum atomic E-state index is 12.5. The van der Waals surface area contributed by atoms with Gasteiger partial charge in [0.25, 0.3) is 0 Å². The van der Waals surface area contributed by atoms with Gasteiger partial charge in [-0.1, -0.05) is 31.4 Å². The molecular weight excluding hydrogens is 276 g/mol. The Morgan fingerprint density at radius 3 is 2.73 bits per heavy atom. The Hall–Kier alpha value is -2.30. The van der Waals surface area contributed by atoms with Gasteiger partial charge in [0.1, 0.15) is 0 Å². The Kier molecular flexibility index (Phi) is 4.42. The number of hydrogen-bond donors (Lipinski definition) is 1. The lowest BCUT2D eigenvalue weighted by molar-refractivity contribution is 0.186. The number of carbonyl (C=O) groups is 1. The van der Waals surface area contributed by atoms with E-state index in [2.05, 4.69) is 10.4 Å². The van der Waals surface area contributed by atoms with Gasteiger partial charge in [-0.15, -0.1) is 0 Å². The second kappa shape index (κ2) is 6.64. The Morgan fingerprint density at radius 1 is 1.23 bits per heavy atom. The van der Waals surface area contributed by atoms with E-state index in [1.165, 1.54) is 19.3 Å². The molecule has 1 N–H and O–H groups in total. The summed E-state index contributed by atoms with van der Waals surface area (Å²) in [6.07, 6.45) is 9.52. The molecule has 5 heteroatoms. The maximum absolute atomic E-state index is 12.5. The fourth-order valence-corrected chi connectivity index (χ4v) is 3.03. The second-order valence-corrected chi connectivity index (χ2v) is 5.80. The summed E-state index contributed by atoms with van der Waals surface area (Å²) in [5.74, 6) is 0. The van der Waals surface area contributed by atoms with Gasteiger partial charge in [0.05, 0.1) is 11.4 Å². The number of rotatable bonds is 3. The number of nitrogens with zero attached hydrogens (tertiary/aromatic N) is 3. The highest BCUT2D eigenvalue weighted by Crippen LogP contribution is 2.23. The summed E-state index contributed by atoms with van der Waals surface area (Å²) in [5.41, 5.74) is 1.65. The quantitative estimate of drug-likeness (QED) is 0.940. The van der Waals surface area contributed by atoms with E-state index in [1.807, 2.05) is 48.5 Å². The molecule has 1 aliphatic carbocycles. The first-order chi connectivity index (χ1) is 10.8. The minimum atomic E-state index is -0.0495. The highest BCUT2D eigenvalue weighted by atomic mass is 16.2. The van der Waals surface area contributed by atoms with E-state index in [1.54, 1.807) is 10.9 Å². The largest absolute Gasteiger partial charge is 0.325 e. The molecule has 2 amide bonds. The van der Waals surface area contributed by atoms with Gasteiger partial charge < -0.3 is 10.2 Å². The van der Waals surface area contributed by atoms with Crippen LogP contribution >= 0.6 is 0 Å². The summed E-state index contributed by atoms with van der Waals surface area (Å²) in [7, 11) is 1.89. The SMILES string of the molecule is CN(C(=O)Nc1ccccc1-n1cccn1)C1CCCCC1. The van der Waals surface area contributed by atoms with E-state index in [9.17, 15) is 4.79 Å². The van der Waals surface area contributed by atoms with Crippen LogP contribution in [0.15, 0.2) is 42.7 Å². The van der Waals surface area contributed by atoms with Gasteiger partial charge in [-0.25, -0.2) is 9.48 Å². The zero-order valence-electron chi connectivity index (χ0n) is 12.9. The lowest BCUT2D eigenvalue weighted by Gasteiger charge is -2.31. The van der Waals surface area contributed by atoms with Crippen LogP contribution in [0.2, 0.25) is 0 Å². The number of carbonyl (C=O) groups excluding carboxylic acids is 1. The number of anilines is 1. The molecule has 1 fully saturated rings. The smallest absolute Gasteiger partial charge is 0.321 e. The predicted octanol–water partition coefficient (Wildman–Crippen LogP) is 3.67. The van der Waals surface area contributed by atoms with E-state index >= 15 is 0 Å². The summed E-state index contributed by atoms with van der Waals surface area (Å²) in [6.45, 7) is 0. The van der Waals surface area contributed by atoms with Gasteiger partial charge >= 0.3 is 6.03 Å². The van der Waals surface area contributed by atoms with Crippen LogP contribution in [0.25, 0.3) is 5.69 Å². The minimum absolute atomic E-state index is 0.0495. The van der Waals surface area contributed by atoms with Crippen molar-refractivity contribution in [2.45, 2.75) is 38.1 Å². The molecule has 0 bridgehead atoms. The number of aromatic nitrogens is 2. The summed E-state index contributed by atoms with van der Waals surface area (Å²) >= 11 is 0. The molecule has 0 saturated heterocycles. The van der Waals surface area contributed by atoms with Crippen molar-refractivity contribution in [2.75, 3.05) is 12.4 Å². The topological polar surface area (TPSA) is 50.2 Å². The number of amides is 2. The number of nitrogens with one attached hydrogen (secondary N) is 1. The Balaban J connectivity index is 1.74. The van der Waals surface area contributed by atoms with Gasteiger partial charge in [0.2, 0.25) is 0 Å². The highest BCUT2D eigenvalue weighted by molar-refractivity contribution is 5.91. The third-order valence-corrected chi connectivity index (χ3v) is 4.34. The van der Waals surface area contributed by atoms with Crippen LogP contribution in [0.5, 0.6) is 0 Å². The molecule has 116 valence electrons. The van der Waals surface area contributed by atoms with Crippen molar-refractivity contribution in [2.24, 2.45) is 0 Å². The van der Waals surface area contributed by atoms with Crippen molar-refractivity contribution in [1.29, 1.82) is 0 Å². The molecule has 22 heavy (non-hydrogen) atoms. The van der Waals surface area contributed by atoms with Crippen molar-refractivity contribution in [3.05, 3.63) is 42.7 Å². The van der Waals surface area contributed by atoms with Crippen LogP contribution in [-0.2, 0) is 0 Å². The number of para-hydroxylation sites is 2. The monoisotopic (exact) mass is 298 g/mol. The van der Waals surface area contributed by atoms with E-state index in [4.69, 9.17) is 0 Å². The third kappa shape index (κ3) is 3.13. The maximum Gasteiger partial charge on any atom is 0.321 e. The van der Waals surface area contributed by atoms with Gasteiger partial charge in [0.15, 0.2) is 0 Å². The molecule has 1 heterocycles. The van der Waals surface area contributed by atoms with Gasteiger partial charge in [0, 0.05) is 25.5 Å². The average Bonchev–Trinajstić information content (AvgIpc) is 3.10. The third-order valence-electron chi connectivity index (χ3n) is 4.34. The number of hydrogen-bond acceptors (Lipinski definition) is 2. The Labute approximate surface area is 130 Å². The molecule has 1 saturated carbocycles. The van der Waals surface area contributed by atoms with Crippen LogP contribution in [0.3, 0.4) is 0 Å². The summed E-state index contributed by atoms with van der Waals surface area (Å²) in [4.78, 5) is 14.4. The van der Waals surface area contributed by atoms with Crippen molar-refractivity contribution in [3.8, 4) is 5.69 Å². The molecule has 0 atom stereocenters. The molecule has 1 aromatic heterocycles. The molecule has 0 unspecified atom stereocenters. The van der Waals surface area contributed by atoms with Crippen molar-refractivity contribution < 1.29 is 4.79 Å². The molecule has 3 rings (SSSR count). The molecule has 0 radical (unpaired) electrons. The summed E-state index contributed by atoms with van der Waals surface area (Å²) in [5, 5.41) is 7.26. The van der Waals surface area contributed by atoms with Gasteiger partial charge in [-0.2, -0.15) is 5.10 Å². The van der Waals surface area contributed by atoms with E-state index in [0.717, 1.165) is 24.2 Å². The second-order valence-electron chi connectivity index (χ2n) is 5.80. The van der Waals surface area contributed by atoms with Crippen LogP contribution in [0.4, 0.5) is 10.5 Å². The normalized spacial score (nSPS) is 15.5. The molecule has 1 aliphatic rings. The first kappa shape index (κ1) is 14.6. The first-order valence-corrected chi connectivity index (χ1v) is 7.88. The standard InChI is InChI=1S/C17H22N4O/c1-20(14-8-3-2-4-9-14)17(22)19-15-10-5-6-11-16(15)21-13-7-12-18-21/h5-7,10-14H,2-4,8-9H2,1H3,(H,19,22). The van der Waals surface area contributed by atoms with Crippen LogP contribution in [0.1, 0.15) is 32.1 Å². The zero-order chi connectivity index (χ0) is 15.4. The highest BCUT2D eigenvalue weighted by Gasteiger charge is 2.22. The van der Waals surface area contributed by atoms with Crippen molar-refractivity contribution in [3.63, 3.8) is 0 Å². The zero-order valence-corrected chi connectivity index (χ0v) is 12.9. The Morgan fingerprint density at radius 2 is 2.00 bits per heavy atom. The fourth-order valence-electron chi connectivity index (χ4n) is 3.03. The van der Waals surface area contributed by atoms with Crippen molar-refractivity contribution >= 4 is 11.7 Å². The summed E-state index contributed by atoms with van der Waals surface area (Å²) < 4.78 is 1.76. The molecule has 2 aromatic rings. The van der Waals surface area contributed by atoms with E-state index < -0.39 is 0 Å². The lowest BCUT2D eigenvalue weighted by atomic mass is 9.95. The van der Waals surface area contributed by atoms with Crippen LogP contribution in [-0.4, -0.2) is 33.8 Å². The van der Waals surface area contributed by atoms with Crippen molar-refractivity contribution in [1.82, 2.24) is 14.7 Å². The molecule has 0 spiro atoms. The van der Waals surface area contributed by atoms with E-state index in [0.29, 0.717) is 6.04 Å². The molecule has 1 aromatic carbocycles. The molecule has 0 aliphatic heterocycles. The van der Waals surface area contributed by atoms with Crippen LogP contribution in [0, 0.1) is 0 Å². The fraction of sp³-hybridized carbons (Fsp3) is 0.412. The number of urea groups is 1. The van der Waals surface area contributed by atoms with E-state index in [-0.39, 0.29) is 6.03 Å². The lowest BCUT2D eigenvalue weighted by Crippen LogP contribution is -2.41. The summed E-state index contributed by atoms with van der Waals surface area (Å²) in [6, 6.07) is 9.89. The van der Waals surface area contributed by atoms with Crippen LogP contribution < -0.4 is 5.32 Å². The van der Waals surface area contributed by atoms with Gasteiger partial charge in [-0.05, 0) is 31.0 Å². The number of benzene rings is 1. The Bertz CT molecular complexity index is 617. The first-order valence-electron chi connectivity index (χ1n) is 7.88. The van der Waals surface area contributed by atoms with Gasteiger partial charge in [-0.3, -0.25) is 0 Å². The molecule has 5 nitrogen and oxygen atoms in total. The minimum Gasteiger partial charge on any atom is -0.325 e. The predicted molar refractivity (Wildman–Crippen MR) is 87.2 cm³/mol. The molecular formula is C17H22N4O. The average molecular weight is 298 g/mol.